The third kappa shape index (κ3) is 3.46. The van der Waals surface area contributed by atoms with Crippen molar-refractivity contribution >= 4 is 15.9 Å². The molecule has 2 atom stereocenters. The van der Waals surface area contributed by atoms with E-state index in [-0.39, 0.29) is 0 Å². The summed E-state index contributed by atoms with van der Waals surface area (Å²) < 4.78 is 1.19. The van der Waals surface area contributed by atoms with Crippen LogP contribution in [0.1, 0.15) is 56.4 Å². The second-order valence-electron chi connectivity index (χ2n) is 6.57. The predicted molar refractivity (Wildman–Crippen MR) is 89.1 cm³/mol. The van der Waals surface area contributed by atoms with Gasteiger partial charge in [0, 0.05) is 11.0 Å². The topological polar surface area (TPSA) is 12.0 Å². The lowest BCUT2D eigenvalue weighted by Crippen LogP contribution is -2.38. The molecule has 1 aromatic carbocycles. The fourth-order valence-electron chi connectivity index (χ4n) is 4.26. The van der Waals surface area contributed by atoms with Crippen LogP contribution < -0.4 is 5.32 Å². The summed E-state index contributed by atoms with van der Waals surface area (Å²) in [5.74, 6) is 2.59. The second-order valence-corrected chi connectivity index (χ2v) is 7.48. The van der Waals surface area contributed by atoms with Crippen LogP contribution in [-0.2, 0) is 0 Å². The van der Waals surface area contributed by atoms with Gasteiger partial charge in [-0.05, 0) is 48.4 Å². The van der Waals surface area contributed by atoms with Crippen molar-refractivity contribution in [1.82, 2.24) is 5.32 Å². The number of halogens is 1. The lowest BCUT2D eigenvalue weighted by molar-refractivity contribution is 0.205. The van der Waals surface area contributed by atoms with Gasteiger partial charge in [0.25, 0.3) is 0 Å². The van der Waals surface area contributed by atoms with Gasteiger partial charge in [-0.3, -0.25) is 0 Å². The Morgan fingerprint density at radius 2 is 1.60 bits per heavy atom. The zero-order chi connectivity index (χ0) is 13.8. The highest BCUT2D eigenvalue weighted by molar-refractivity contribution is 9.10. The van der Waals surface area contributed by atoms with E-state index >= 15 is 0 Å². The zero-order valence-electron chi connectivity index (χ0n) is 12.3. The summed E-state index contributed by atoms with van der Waals surface area (Å²) in [5.41, 5.74) is 1.54. The van der Waals surface area contributed by atoms with Crippen LogP contribution in [-0.4, -0.2) is 13.1 Å². The molecule has 0 radical (unpaired) electrons. The third-order valence-corrected chi connectivity index (χ3v) is 5.87. The van der Waals surface area contributed by atoms with E-state index in [1.807, 2.05) is 0 Å². The summed E-state index contributed by atoms with van der Waals surface area (Å²) in [6, 6.07) is 9.05. The first-order chi connectivity index (χ1) is 9.84. The van der Waals surface area contributed by atoms with Crippen molar-refractivity contribution in [1.29, 1.82) is 0 Å². The van der Waals surface area contributed by atoms with E-state index in [2.05, 4.69) is 45.5 Å². The maximum absolute atomic E-state index is 3.62. The Balaban J connectivity index is 1.77. The largest absolute Gasteiger partial charge is 0.316 e. The molecule has 2 unspecified atom stereocenters. The van der Waals surface area contributed by atoms with Crippen molar-refractivity contribution < 1.29 is 0 Å². The Hall–Kier alpha value is -0.340. The third-order valence-electron chi connectivity index (χ3n) is 5.34. The van der Waals surface area contributed by atoms with Crippen molar-refractivity contribution in [3.63, 3.8) is 0 Å². The van der Waals surface area contributed by atoms with Crippen LogP contribution in [0.15, 0.2) is 28.7 Å². The highest BCUT2D eigenvalue weighted by Crippen LogP contribution is 2.40. The van der Waals surface area contributed by atoms with Gasteiger partial charge in [0.2, 0.25) is 0 Å². The molecule has 1 aliphatic heterocycles. The summed E-state index contributed by atoms with van der Waals surface area (Å²) >= 11 is 3.56. The summed E-state index contributed by atoms with van der Waals surface area (Å²) in [4.78, 5) is 0. The molecule has 0 bridgehead atoms. The Morgan fingerprint density at radius 1 is 0.900 bits per heavy atom. The van der Waals surface area contributed by atoms with E-state index in [1.165, 1.54) is 68.1 Å². The van der Waals surface area contributed by atoms with E-state index in [0.717, 1.165) is 17.8 Å². The average molecular weight is 336 g/mol. The summed E-state index contributed by atoms with van der Waals surface area (Å²) in [6.45, 7) is 2.39. The molecule has 110 valence electrons. The monoisotopic (exact) mass is 335 g/mol. The summed E-state index contributed by atoms with van der Waals surface area (Å²) in [7, 11) is 0. The number of rotatable bonds is 2. The molecule has 0 amide bonds. The molecule has 1 aliphatic carbocycles. The van der Waals surface area contributed by atoms with E-state index in [0.29, 0.717) is 0 Å². The van der Waals surface area contributed by atoms with Gasteiger partial charge in [-0.25, -0.2) is 0 Å². The van der Waals surface area contributed by atoms with Gasteiger partial charge in [-0.15, -0.1) is 0 Å². The predicted octanol–water partition coefficient (Wildman–Crippen LogP) is 5.11. The summed E-state index contributed by atoms with van der Waals surface area (Å²) in [5, 5.41) is 3.62. The van der Waals surface area contributed by atoms with Crippen LogP contribution >= 0.6 is 15.9 Å². The van der Waals surface area contributed by atoms with Crippen molar-refractivity contribution in [2.24, 2.45) is 11.8 Å². The molecule has 2 aliphatic rings. The molecule has 2 heteroatoms. The molecular weight excluding hydrogens is 310 g/mol. The fourth-order valence-corrected chi connectivity index (χ4v) is 4.52. The SMILES string of the molecule is Brc1ccc(C2CNCCC2C2CCCCCC2)cc1. The maximum Gasteiger partial charge on any atom is 0.0175 e. The van der Waals surface area contributed by atoms with E-state index in [9.17, 15) is 0 Å². The minimum Gasteiger partial charge on any atom is -0.316 e. The van der Waals surface area contributed by atoms with Crippen molar-refractivity contribution in [2.45, 2.75) is 50.9 Å². The Morgan fingerprint density at radius 3 is 2.30 bits per heavy atom. The van der Waals surface area contributed by atoms with Gasteiger partial charge < -0.3 is 5.32 Å². The lowest BCUT2D eigenvalue weighted by atomic mass is 9.71. The smallest absolute Gasteiger partial charge is 0.0175 e. The van der Waals surface area contributed by atoms with Gasteiger partial charge in [-0.1, -0.05) is 66.6 Å². The molecule has 1 nitrogen and oxygen atoms in total. The highest BCUT2D eigenvalue weighted by Gasteiger charge is 2.32. The number of benzene rings is 1. The number of nitrogens with one attached hydrogen (secondary N) is 1. The average Bonchev–Trinajstić information content (AvgIpc) is 2.77. The molecule has 2 fully saturated rings. The Labute approximate surface area is 131 Å². The van der Waals surface area contributed by atoms with Crippen LogP contribution in [0.3, 0.4) is 0 Å². The van der Waals surface area contributed by atoms with E-state index < -0.39 is 0 Å². The molecule has 1 heterocycles. The lowest BCUT2D eigenvalue weighted by Gasteiger charge is -2.38. The zero-order valence-corrected chi connectivity index (χ0v) is 13.9. The van der Waals surface area contributed by atoms with Crippen molar-refractivity contribution in [3.05, 3.63) is 34.3 Å². The highest BCUT2D eigenvalue weighted by atomic mass is 79.9. The fraction of sp³-hybridized carbons (Fsp3) is 0.667. The van der Waals surface area contributed by atoms with E-state index in [4.69, 9.17) is 0 Å². The second kappa shape index (κ2) is 7.09. The van der Waals surface area contributed by atoms with Crippen LogP contribution in [0.5, 0.6) is 0 Å². The summed E-state index contributed by atoms with van der Waals surface area (Å²) in [6.07, 6.45) is 10.2. The molecule has 0 aromatic heterocycles. The first-order valence-electron chi connectivity index (χ1n) is 8.31. The standard InChI is InChI=1S/C18H26BrN/c19-16-9-7-15(8-10-16)18-13-20-12-11-17(18)14-5-3-1-2-4-6-14/h7-10,14,17-18,20H,1-6,11-13H2. The molecular formula is C18H26BrN. The minimum absolute atomic E-state index is 0.722. The van der Waals surface area contributed by atoms with E-state index in [1.54, 1.807) is 0 Å². The van der Waals surface area contributed by atoms with Crippen molar-refractivity contribution in [2.75, 3.05) is 13.1 Å². The van der Waals surface area contributed by atoms with Crippen molar-refractivity contribution in [3.8, 4) is 0 Å². The van der Waals surface area contributed by atoms with Gasteiger partial charge in [-0.2, -0.15) is 0 Å². The number of hydrogen-bond donors (Lipinski definition) is 1. The molecule has 1 N–H and O–H groups in total. The van der Waals surface area contributed by atoms with Gasteiger partial charge in [0.15, 0.2) is 0 Å². The first-order valence-corrected chi connectivity index (χ1v) is 9.10. The van der Waals surface area contributed by atoms with Crippen LogP contribution in [0.25, 0.3) is 0 Å². The molecule has 1 saturated heterocycles. The Bertz CT molecular complexity index is 406. The quantitative estimate of drug-likeness (QED) is 0.740. The van der Waals surface area contributed by atoms with Crippen LogP contribution in [0, 0.1) is 11.8 Å². The molecule has 0 spiro atoms. The normalized spacial score (nSPS) is 29.1. The Kier molecular flexibility index (Phi) is 5.17. The molecule has 3 rings (SSSR count). The van der Waals surface area contributed by atoms with Gasteiger partial charge >= 0.3 is 0 Å². The number of piperidine rings is 1. The minimum atomic E-state index is 0.722. The van der Waals surface area contributed by atoms with Crippen LogP contribution in [0.4, 0.5) is 0 Å². The number of hydrogen-bond acceptors (Lipinski definition) is 1. The maximum atomic E-state index is 3.62. The first kappa shape index (κ1) is 14.6. The van der Waals surface area contributed by atoms with Gasteiger partial charge in [0.1, 0.15) is 0 Å². The van der Waals surface area contributed by atoms with Crippen LogP contribution in [0.2, 0.25) is 0 Å². The molecule has 20 heavy (non-hydrogen) atoms. The van der Waals surface area contributed by atoms with Gasteiger partial charge in [0.05, 0.1) is 0 Å². The molecule has 1 saturated carbocycles. The molecule has 1 aromatic rings.